The van der Waals surface area contributed by atoms with Crippen LogP contribution in [0.2, 0.25) is 0 Å². The van der Waals surface area contributed by atoms with E-state index in [0.717, 1.165) is 15.1 Å². The first-order valence-corrected chi connectivity index (χ1v) is 11.0. The molecule has 1 aliphatic heterocycles. The van der Waals surface area contributed by atoms with Crippen molar-refractivity contribution in [3.63, 3.8) is 0 Å². The van der Waals surface area contributed by atoms with Crippen LogP contribution in [0.3, 0.4) is 0 Å². The first-order chi connectivity index (χ1) is 11.5. The summed E-state index contributed by atoms with van der Waals surface area (Å²) in [5, 5.41) is 2.74. The summed E-state index contributed by atoms with van der Waals surface area (Å²) in [5.74, 6) is 1.22. The quantitative estimate of drug-likeness (QED) is 0.664. The Balaban J connectivity index is 1.74. The molecule has 6 nitrogen and oxygen atoms in total. The second-order valence-electron chi connectivity index (χ2n) is 5.23. The van der Waals surface area contributed by atoms with Gasteiger partial charge in [-0.1, -0.05) is 0 Å². The van der Waals surface area contributed by atoms with Crippen molar-refractivity contribution in [2.75, 3.05) is 29.9 Å². The van der Waals surface area contributed by atoms with Crippen LogP contribution in [-0.2, 0) is 10.0 Å². The number of anilines is 1. The number of H-pyrrole nitrogens is 1. The first-order valence-electron chi connectivity index (χ1n) is 7.30. The van der Waals surface area contributed by atoms with Crippen LogP contribution in [0.1, 0.15) is 10.5 Å². The van der Waals surface area contributed by atoms with E-state index in [1.54, 1.807) is 23.9 Å². The van der Waals surface area contributed by atoms with E-state index in [1.807, 2.05) is 12.1 Å². The number of benzene rings is 1. The maximum atomic E-state index is 12.6. The second-order valence-corrected chi connectivity index (χ2v) is 9.63. The van der Waals surface area contributed by atoms with Crippen LogP contribution in [0.15, 0.2) is 41.4 Å². The molecule has 0 spiro atoms. The van der Waals surface area contributed by atoms with Gasteiger partial charge in [0.05, 0.1) is 0 Å². The van der Waals surface area contributed by atoms with Crippen LogP contribution in [0, 0.1) is 3.57 Å². The van der Waals surface area contributed by atoms with Gasteiger partial charge < -0.3 is 10.3 Å². The molecular weight excluding hydrogens is 461 g/mol. The number of aromatic nitrogens is 1. The molecule has 0 radical (unpaired) electrons. The molecule has 1 saturated heterocycles. The van der Waals surface area contributed by atoms with Gasteiger partial charge in [0.15, 0.2) is 0 Å². The van der Waals surface area contributed by atoms with Crippen molar-refractivity contribution in [3.8, 4) is 0 Å². The maximum absolute atomic E-state index is 12.6. The third-order valence-electron chi connectivity index (χ3n) is 3.61. The van der Waals surface area contributed by atoms with E-state index in [4.69, 9.17) is 0 Å². The fourth-order valence-electron chi connectivity index (χ4n) is 2.32. The smallest absolute Gasteiger partial charge is 0.272 e. The summed E-state index contributed by atoms with van der Waals surface area (Å²) in [6.45, 7) is 1.00. The van der Waals surface area contributed by atoms with Crippen LogP contribution in [0.4, 0.5) is 5.69 Å². The largest absolute Gasteiger partial charge is 0.356 e. The Bertz CT molecular complexity index is 828. The first kappa shape index (κ1) is 17.8. The van der Waals surface area contributed by atoms with Gasteiger partial charge in [-0.05, 0) is 52.9 Å². The number of thioether (sulfide) groups is 1. The lowest BCUT2D eigenvalue weighted by molar-refractivity contribution is 0.102. The second kappa shape index (κ2) is 7.46. The monoisotopic (exact) mass is 477 g/mol. The number of carbonyl (C=O) groups is 1. The number of nitrogens with one attached hydrogen (secondary N) is 2. The normalized spacial score (nSPS) is 16.0. The van der Waals surface area contributed by atoms with E-state index in [1.165, 1.54) is 16.6 Å². The van der Waals surface area contributed by atoms with E-state index in [-0.39, 0.29) is 16.5 Å². The number of halogens is 1. The molecule has 2 aromatic rings. The predicted octanol–water partition coefficient (Wildman–Crippen LogP) is 2.61. The van der Waals surface area contributed by atoms with E-state index in [0.29, 0.717) is 18.8 Å². The van der Waals surface area contributed by atoms with Gasteiger partial charge >= 0.3 is 0 Å². The minimum Gasteiger partial charge on any atom is -0.356 e. The molecule has 9 heteroatoms. The molecule has 2 N–H and O–H groups in total. The molecule has 0 atom stereocenters. The standard InChI is InChI=1S/C15H16IN3O3S2/c16-11-1-3-12(4-2-11)18-15(20)14-9-13(10-17-14)24(21,22)19-5-7-23-8-6-19/h1-4,9-10,17H,5-8H2,(H,18,20). The molecule has 128 valence electrons. The Morgan fingerprint density at radius 2 is 1.88 bits per heavy atom. The summed E-state index contributed by atoms with van der Waals surface area (Å²) in [5.41, 5.74) is 0.881. The highest BCUT2D eigenvalue weighted by Gasteiger charge is 2.27. The molecule has 2 heterocycles. The third kappa shape index (κ3) is 3.95. The number of carbonyl (C=O) groups excluding carboxylic acids is 1. The number of hydrogen-bond donors (Lipinski definition) is 2. The molecular formula is C15H16IN3O3S2. The number of nitrogens with zero attached hydrogens (tertiary/aromatic N) is 1. The van der Waals surface area contributed by atoms with Crippen molar-refractivity contribution in [3.05, 3.63) is 45.8 Å². The summed E-state index contributed by atoms with van der Waals surface area (Å²) < 4.78 is 27.7. The number of amides is 1. The predicted molar refractivity (Wildman–Crippen MR) is 104 cm³/mol. The van der Waals surface area contributed by atoms with Crippen LogP contribution < -0.4 is 5.32 Å². The lowest BCUT2D eigenvalue weighted by atomic mass is 10.3. The molecule has 0 unspecified atom stereocenters. The van der Waals surface area contributed by atoms with Crippen LogP contribution >= 0.6 is 34.4 Å². The Labute approximate surface area is 158 Å². The summed E-state index contributed by atoms with van der Waals surface area (Å²) in [4.78, 5) is 15.1. The lowest BCUT2D eigenvalue weighted by Crippen LogP contribution is -2.37. The van der Waals surface area contributed by atoms with Gasteiger partial charge in [0, 0.05) is 40.0 Å². The molecule has 1 aromatic heterocycles. The summed E-state index contributed by atoms with van der Waals surface area (Å²) >= 11 is 3.93. The molecule has 1 aliphatic rings. The third-order valence-corrected chi connectivity index (χ3v) is 7.15. The van der Waals surface area contributed by atoms with Gasteiger partial charge in [-0.2, -0.15) is 16.1 Å². The fraction of sp³-hybridized carbons (Fsp3) is 0.267. The van der Waals surface area contributed by atoms with E-state index in [2.05, 4.69) is 32.9 Å². The van der Waals surface area contributed by atoms with Crippen molar-refractivity contribution < 1.29 is 13.2 Å². The zero-order valence-corrected chi connectivity index (χ0v) is 16.4. The SMILES string of the molecule is O=C(Nc1ccc(I)cc1)c1cc(S(=O)(=O)N2CCSCC2)c[nH]1. The Hall–Kier alpha value is -1.04. The zero-order chi connectivity index (χ0) is 17.2. The van der Waals surface area contributed by atoms with Crippen molar-refractivity contribution in [1.29, 1.82) is 0 Å². The molecule has 0 aliphatic carbocycles. The number of sulfonamides is 1. The highest BCUT2D eigenvalue weighted by atomic mass is 127. The zero-order valence-electron chi connectivity index (χ0n) is 12.7. The van der Waals surface area contributed by atoms with Crippen LogP contribution in [0.5, 0.6) is 0 Å². The Kier molecular flexibility index (Phi) is 5.52. The average molecular weight is 477 g/mol. The maximum Gasteiger partial charge on any atom is 0.272 e. The molecule has 0 bridgehead atoms. The Morgan fingerprint density at radius 1 is 1.21 bits per heavy atom. The Morgan fingerprint density at radius 3 is 2.54 bits per heavy atom. The molecule has 3 rings (SSSR count). The van der Waals surface area contributed by atoms with E-state index in [9.17, 15) is 13.2 Å². The van der Waals surface area contributed by atoms with Crippen molar-refractivity contribution in [1.82, 2.24) is 9.29 Å². The number of hydrogen-bond acceptors (Lipinski definition) is 4. The van der Waals surface area contributed by atoms with E-state index >= 15 is 0 Å². The van der Waals surface area contributed by atoms with Crippen molar-refractivity contribution in [2.24, 2.45) is 0 Å². The van der Waals surface area contributed by atoms with Gasteiger partial charge in [-0.15, -0.1) is 0 Å². The molecule has 0 saturated carbocycles. The number of aromatic amines is 1. The lowest BCUT2D eigenvalue weighted by Gasteiger charge is -2.24. The van der Waals surface area contributed by atoms with Gasteiger partial charge in [0.25, 0.3) is 5.91 Å². The molecule has 1 fully saturated rings. The van der Waals surface area contributed by atoms with Gasteiger partial charge in [0.1, 0.15) is 10.6 Å². The van der Waals surface area contributed by atoms with Gasteiger partial charge in [-0.3, -0.25) is 4.79 Å². The molecule has 1 amide bonds. The van der Waals surface area contributed by atoms with Crippen molar-refractivity contribution in [2.45, 2.75) is 4.90 Å². The summed E-state index contributed by atoms with van der Waals surface area (Å²) in [7, 11) is -3.55. The summed E-state index contributed by atoms with van der Waals surface area (Å²) in [6, 6.07) is 8.75. The van der Waals surface area contributed by atoms with Crippen LogP contribution in [-0.4, -0.2) is 48.2 Å². The minimum absolute atomic E-state index is 0.127. The summed E-state index contributed by atoms with van der Waals surface area (Å²) in [6.07, 6.45) is 1.37. The average Bonchev–Trinajstić information content (AvgIpc) is 3.09. The highest BCUT2D eigenvalue weighted by Crippen LogP contribution is 2.21. The molecule has 24 heavy (non-hydrogen) atoms. The molecule has 1 aromatic carbocycles. The topological polar surface area (TPSA) is 82.3 Å². The van der Waals surface area contributed by atoms with E-state index < -0.39 is 10.0 Å². The highest BCUT2D eigenvalue weighted by molar-refractivity contribution is 14.1. The number of rotatable bonds is 4. The van der Waals surface area contributed by atoms with Gasteiger partial charge in [-0.25, -0.2) is 8.42 Å². The van der Waals surface area contributed by atoms with Gasteiger partial charge in [0.2, 0.25) is 10.0 Å². The fourth-order valence-corrected chi connectivity index (χ4v) is 5.25. The van der Waals surface area contributed by atoms with Crippen LogP contribution in [0.25, 0.3) is 0 Å². The van der Waals surface area contributed by atoms with Crippen molar-refractivity contribution >= 4 is 56.0 Å². The minimum atomic E-state index is -3.55.